The molecule has 2 unspecified atom stereocenters. The Bertz CT molecular complexity index is 211. The summed E-state index contributed by atoms with van der Waals surface area (Å²) in [5, 5.41) is 2.90. The van der Waals surface area contributed by atoms with Gasteiger partial charge in [0.05, 0.1) is 0 Å². The van der Waals surface area contributed by atoms with Crippen molar-refractivity contribution in [2.45, 2.75) is 51.2 Å². The molecule has 0 radical (unpaired) electrons. The van der Waals surface area contributed by atoms with Crippen LogP contribution in [0.25, 0.3) is 0 Å². The van der Waals surface area contributed by atoms with E-state index in [1.807, 2.05) is 13.8 Å². The molecule has 0 bridgehead atoms. The van der Waals surface area contributed by atoms with E-state index in [1.165, 1.54) is 0 Å². The number of amides is 1. The van der Waals surface area contributed by atoms with E-state index in [9.17, 15) is 4.79 Å². The molecule has 88 valence electrons. The lowest BCUT2D eigenvalue weighted by atomic mass is 10.0. The van der Waals surface area contributed by atoms with Crippen LogP contribution in [0.2, 0.25) is 0 Å². The monoisotopic (exact) mass is 214 g/mol. The van der Waals surface area contributed by atoms with Gasteiger partial charge < -0.3 is 15.8 Å². The fraction of sp³-hybridized carbons (Fsp3) is 0.909. The average Bonchev–Trinajstić information content (AvgIpc) is 2.60. The maximum Gasteiger partial charge on any atom is 0.251 e. The molecule has 0 aromatic heterocycles. The van der Waals surface area contributed by atoms with Gasteiger partial charge in [0, 0.05) is 19.2 Å². The molecule has 1 saturated heterocycles. The second kappa shape index (κ2) is 5.47. The minimum atomic E-state index is -0.589. The van der Waals surface area contributed by atoms with Gasteiger partial charge >= 0.3 is 0 Å². The van der Waals surface area contributed by atoms with Gasteiger partial charge in [-0.2, -0.15) is 0 Å². The second-order valence-corrected chi connectivity index (χ2v) is 4.56. The van der Waals surface area contributed by atoms with Crippen LogP contribution in [0.1, 0.15) is 39.5 Å². The minimum Gasteiger partial charge on any atom is -0.365 e. The molecule has 1 aliphatic rings. The van der Waals surface area contributed by atoms with Crippen LogP contribution in [0.3, 0.4) is 0 Å². The van der Waals surface area contributed by atoms with Crippen molar-refractivity contribution < 1.29 is 9.53 Å². The van der Waals surface area contributed by atoms with Gasteiger partial charge in [-0.15, -0.1) is 0 Å². The Morgan fingerprint density at radius 2 is 2.40 bits per heavy atom. The first-order valence-electron chi connectivity index (χ1n) is 5.72. The van der Waals surface area contributed by atoms with E-state index in [-0.39, 0.29) is 11.9 Å². The Kier molecular flexibility index (Phi) is 4.54. The molecule has 0 saturated carbocycles. The highest BCUT2D eigenvalue weighted by atomic mass is 16.5. The van der Waals surface area contributed by atoms with Crippen LogP contribution >= 0.6 is 0 Å². The fourth-order valence-corrected chi connectivity index (χ4v) is 1.77. The van der Waals surface area contributed by atoms with Crippen LogP contribution in [0, 0.1) is 0 Å². The predicted octanol–water partition coefficient (Wildman–Crippen LogP) is 0.799. The summed E-state index contributed by atoms with van der Waals surface area (Å²) in [6.07, 6.45) is 3.67. The molecule has 4 heteroatoms. The summed E-state index contributed by atoms with van der Waals surface area (Å²) in [7, 11) is 0. The summed E-state index contributed by atoms with van der Waals surface area (Å²) in [4.78, 5) is 11.7. The van der Waals surface area contributed by atoms with Crippen LogP contribution in [-0.2, 0) is 9.53 Å². The molecule has 1 rings (SSSR count). The molecule has 0 aliphatic carbocycles. The lowest BCUT2D eigenvalue weighted by Gasteiger charge is -2.21. The Hall–Kier alpha value is -0.610. The number of rotatable bonds is 5. The van der Waals surface area contributed by atoms with Crippen LogP contribution in [0.5, 0.6) is 0 Å². The molecular weight excluding hydrogens is 192 g/mol. The second-order valence-electron chi connectivity index (χ2n) is 4.56. The maximum atomic E-state index is 11.7. The van der Waals surface area contributed by atoms with Gasteiger partial charge in [-0.3, -0.25) is 4.79 Å². The Morgan fingerprint density at radius 3 is 2.93 bits per heavy atom. The van der Waals surface area contributed by atoms with E-state index >= 15 is 0 Å². The number of carbonyl (C=O) groups is 1. The molecular formula is C11H22N2O2. The zero-order valence-electron chi connectivity index (χ0n) is 9.71. The van der Waals surface area contributed by atoms with E-state index in [0.717, 1.165) is 25.7 Å². The lowest BCUT2D eigenvalue weighted by molar-refractivity contribution is -0.139. The van der Waals surface area contributed by atoms with E-state index in [2.05, 4.69) is 5.32 Å². The zero-order valence-corrected chi connectivity index (χ0v) is 9.71. The summed E-state index contributed by atoms with van der Waals surface area (Å²) >= 11 is 0. The van der Waals surface area contributed by atoms with Gasteiger partial charge in [-0.25, -0.2) is 0 Å². The van der Waals surface area contributed by atoms with Gasteiger partial charge in [-0.05, 0) is 39.5 Å². The number of carbonyl (C=O) groups excluding carboxylic acids is 1. The Balaban J connectivity index is 2.18. The molecule has 15 heavy (non-hydrogen) atoms. The largest absolute Gasteiger partial charge is 0.365 e. The van der Waals surface area contributed by atoms with Crippen LogP contribution in [0.4, 0.5) is 0 Å². The quantitative estimate of drug-likeness (QED) is 0.665. The topological polar surface area (TPSA) is 64.3 Å². The molecule has 0 aromatic rings. The van der Waals surface area contributed by atoms with Crippen molar-refractivity contribution in [3.8, 4) is 0 Å². The van der Waals surface area contributed by atoms with Gasteiger partial charge in [0.1, 0.15) is 5.60 Å². The fourth-order valence-electron chi connectivity index (χ4n) is 1.77. The van der Waals surface area contributed by atoms with Crippen LogP contribution < -0.4 is 11.1 Å². The van der Waals surface area contributed by atoms with Gasteiger partial charge in [0.15, 0.2) is 0 Å². The summed E-state index contributed by atoms with van der Waals surface area (Å²) in [5.41, 5.74) is 5.03. The third-order valence-electron chi connectivity index (χ3n) is 2.82. The SMILES string of the molecule is CC(N)CCCNC(=O)C1(C)CCCO1. The molecule has 3 N–H and O–H groups in total. The van der Waals surface area contributed by atoms with Gasteiger partial charge in [0.2, 0.25) is 0 Å². The molecule has 0 spiro atoms. The van der Waals surface area contributed by atoms with E-state index in [1.54, 1.807) is 0 Å². The first kappa shape index (κ1) is 12.5. The van der Waals surface area contributed by atoms with E-state index in [4.69, 9.17) is 10.5 Å². The predicted molar refractivity (Wildman–Crippen MR) is 59.5 cm³/mol. The molecule has 1 heterocycles. The number of hydrogen-bond acceptors (Lipinski definition) is 3. The molecule has 1 fully saturated rings. The third-order valence-corrected chi connectivity index (χ3v) is 2.82. The molecule has 1 amide bonds. The summed E-state index contributed by atoms with van der Waals surface area (Å²) in [6, 6.07) is 0.209. The standard InChI is InChI=1S/C11H22N2O2/c1-9(12)5-3-7-13-10(14)11(2)6-4-8-15-11/h9H,3-8,12H2,1-2H3,(H,13,14). The van der Waals surface area contributed by atoms with E-state index < -0.39 is 5.60 Å². The number of nitrogens with two attached hydrogens (primary N) is 1. The number of hydrogen-bond donors (Lipinski definition) is 2. The Morgan fingerprint density at radius 1 is 1.67 bits per heavy atom. The minimum absolute atomic E-state index is 0.0182. The molecule has 2 atom stereocenters. The van der Waals surface area contributed by atoms with Crippen LogP contribution in [-0.4, -0.2) is 30.7 Å². The normalized spacial score (nSPS) is 27.7. The van der Waals surface area contributed by atoms with Crippen molar-refractivity contribution in [1.82, 2.24) is 5.32 Å². The first-order chi connectivity index (χ1) is 7.04. The van der Waals surface area contributed by atoms with Crippen molar-refractivity contribution in [2.24, 2.45) is 5.73 Å². The number of nitrogens with one attached hydrogen (secondary N) is 1. The molecule has 1 aliphatic heterocycles. The third kappa shape index (κ3) is 3.80. The first-order valence-corrected chi connectivity index (χ1v) is 5.72. The van der Waals surface area contributed by atoms with Crippen molar-refractivity contribution in [3.05, 3.63) is 0 Å². The summed E-state index contributed by atoms with van der Waals surface area (Å²) < 4.78 is 5.44. The van der Waals surface area contributed by atoms with Crippen molar-refractivity contribution in [3.63, 3.8) is 0 Å². The maximum absolute atomic E-state index is 11.7. The van der Waals surface area contributed by atoms with Crippen molar-refractivity contribution in [2.75, 3.05) is 13.2 Å². The smallest absolute Gasteiger partial charge is 0.251 e. The lowest BCUT2D eigenvalue weighted by Crippen LogP contribution is -2.44. The van der Waals surface area contributed by atoms with Crippen molar-refractivity contribution in [1.29, 1.82) is 0 Å². The summed E-state index contributed by atoms with van der Waals surface area (Å²) in [5.74, 6) is 0.0182. The van der Waals surface area contributed by atoms with Crippen molar-refractivity contribution >= 4 is 5.91 Å². The average molecular weight is 214 g/mol. The number of ether oxygens (including phenoxy) is 1. The highest BCUT2D eigenvalue weighted by Gasteiger charge is 2.37. The highest BCUT2D eigenvalue weighted by molar-refractivity contribution is 5.84. The summed E-state index contributed by atoms with van der Waals surface area (Å²) in [6.45, 7) is 5.23. The highest BCUT2D eigenvalue weighted by Crippen LogP contribution is 2.24. The van der Waals surface area contributed by atoms with Gasteiger partial charge in [-0.1, -0.05) is 0 Å². The zero-order chi connectivity index (χ0) is 11.3. The van der Waals surface area contributed by atoms with E-state index in [0.29, 0.717) is 13.2 Å². The van der Waals surface area contributed by atoms with Gasteiger partial charge in [0.25, 0.3) is 5.91 Å². The Labute approximate surface area is 91.5 Å². The molecule has 0 aromatic carbocycles. The molecule has 4 nitrogen and oxygen atoms in total. The van der Waals surface area contributed by atoms with Crippen LogP contribution in [0.15, 0.2) is 0 Å².